The van der Waals surface area contributed by atoms with Crippen molar-refractivity contribution in [3.8, 4) is 6.07 Å². The van der Waals surface area contributed by atoms with Gasteiger partial charge in [0.25, 0.3) is 0 Å². The Kier molecular flexibility index (Phi) is 3.02. The van der Waals surface area contributed by atoms with Crippen molar-refractivity contribution < 1.29 is 25.9 Å². The molecule has 0 aliphatic carbocycles. The summed E-state index contributed by atoms with van der Waals surface area (Å²) >= 11 is 0. The second-order valence-electron chi connectivity index (χ2n) is 2.05. The molecule has 0 unspecified atom stereocenters. The highest BCUT2D eigenvalue weighted by atomic mass is 32.3. The minimum Gasteiger partial charge on any atom is -0.746 e. The van der Waals surface area contributed by atoms with E-state index in [0.717, 1.165) is 6.07 Å². The summed E-state index contributed by atoms with van der Waals surface area (Å²) in [5, 5.41) is 7.99. The van der Waals surface area contributed by atoms with E-state index in [2.05, 4.69) is 5.73 Å². The highest BCUT2D eigenvalue weighted by molar-refractivity contribution is 8.05. The average Bonchev–Trinajstić information content (AvgIpc) is 1.82. The molecule has 0 amide bonds. The lowest BCUT2D eigenvalue weighted by molar-refractivity contribution is 0.406. The zero-order valence-corrected chi connectivity index (χ0v) is 7.63. The van der Waals surface area contributed by atoms with Crippen LogP contribution in [0.4, 0.5) is 0 Å². The molecule has 8 nitrogen and oxygen atoms in total. The van der Waals surface area contributed by atoms with E-state index in [0.29, 0.717) is 0 Å². The summed E-state index contributed by atoms with van der Waals surface area (Å²) in [5.41, 5.74) is 4.54. The Hall–Kier alpha value is -0.730. The fraction of sp³-hybridized carbons (Fsp3) is 0.667. The van der Waals surface area contributed by atoms with Gasteiger partial charge in [-0.15, -0.1) is 0 Å². The maximum Gasteiger partial charge on any atom is 0.210 e. The summed E-state index contributed by atoms with van der Waals surface area (Å²) in [6.45, 7) is 0. The van der Waals surface area contributed by atoms with E-state index in [4.69, 9.17) is 5.26 Å². The van der Waals surface area contributed by atoms with Crippen LogP contribution in [0.5, 0.6) is 0 Å². The molecule has 2 N–H and O–H groups in total. The van der Waals surface area contributed by atoms with E-state index in [9.17, 15) is 25.9 Å². The fourth-order valence-electron chi connectivity index (χ4n) is 0.412. The molecule has 0 aromatic rings. The number of nitrogens with two attached hydrogens (primary N) is 1. The molecule has 0 saturated heterocycles. The topological polar surface area (TPSA) is 164 Å². The summed E-state index contributed by atoms with van der Waals surface area (Å²) in [6.07, 6.45) is -1.40. The molecule has 0 atom stereocenters. The molecule has 0 saturated carbocycles. The van der Waals surface area contributed by atoms with E-state index >= 15 is 0 Å². The van der Waals surface area contributed by atoms with Gasteiger partial charge in [-0.2, -0.15) is 5.26 Å². The molecule has 10 heteroatoms. The van der Waals surface area contributed by atoms with E-state index < -0.39 is 30.9 Å². The first-order valence-corrected chi connectivity index (χ1v) is 5.44. The zero-order chi connectivity index (χ0) is 10.9. The number of hydrogen-bond acceptors (Lipinski definition) is 8. The molecule has 0 spiro atoms. The van der Waals surface area contributed by atoms with Crippen LogP contribution >= 0.6 is 0 Å². The highest BCUT2D eigenvalue weighted by Gasteiger charge is 2.40. The first-order valence-electron chi connectivity index (χ1n) is 2.63. The summed E-state index contributed by atoms with van der Waals surface area (Å²) in [6, 6.07) is 1.04. The molecule has 0 aromatic heterocycles. The fourth-order valence-corrected chi connectivity index (χ4v) is 1.89. The predicted octanol–water partition coefficient (Wildman–Crippen LogP) is -2.40. The molecule has 0 fully saturated rings. The lowest BCUT2D eigenvalue weighted by Crippen LogP contribution is -2.53. The van der Waals surface area contributed by atoms with Crippen LogP contribution in [0.25, 0.3) is 0 Å². The third-order valence-corrected chi connectivity index (χ3v) is 4.38. The van der Waals surface area contributed by atoms with Crippen LogP contribution in [-0.4, -0.2) is 30.1 Å². The molecule has 76 valence electrons. The van der Waals surface area contributed by atoms with E-state index in [-0.39, 0.29) is 0 Å². The van der Waals surface area contributed by atoms with Crippen molar-refractivity contribution in [1.29, 1.82) is 5.26 Å². The van der Waals surface area contributed by atoms with Crippen molar-refractivity contribution in [2.45, 2.75) is 10.6 Å². The van der Waals surface area contributed by atoms with Gasteiger partial charge >= 0.3 is 0 Å². The molecular weight excluding hydrogens is 224 g/mol. The SMILES string of the molecule is N#CCC(N)(S(=O)(=O)[O-])S(=O)(=O)[O-]. The average molecular weight is 228 g/mol. The van der Waals surface area contributed by atoms with Crippen LogP contribution in [0.3, 0.4) is 0 Å². The van der Waals surface area contributed by atoms with Crippen molar-refractivity contribution in [3.63, 3.8) is 0 Å². The lowest BCUT2D eigenvalue weighted by Gasteiger charge is -2.31. The van der Waals surface area contributed by atoms with Gasteiger partial charge in [-0.25, -0.2) is 16.8 Å². The Morgan fingerprint density at radius 1 is 1.23 bits per heavy atom. The lowest BCUT2D eigenvalue weighted by atomic mass is 10.5. The van der Waals surface area contributed by atoms with Gasteiger partial charge in [0.1, 0.15) is 20.2 Å². The zero-order valence-electron chi connectivity index (χ0n) is 6.00. The minimum atomic E-state index is -5.58. The van der Waals surface area contributed by atoms with Gasteiger partial charge in [0.15, 0.2) is 0 Å². The van der Waals surface area contributed by atoms with E-state index in [1.165, 1.54) is 0 Å². The van der Waals surface area contributed by atoms with Crippen molar-refractivity contribution in [2.75, 3.05) is 0 Å². The van der Waals surface area contributed by atoms with Crippen LogP contribution in [-0.2, 0) is 20.2 Å². The second-order valence-corrected chi connectivity index (χ2v) is 5.59. The standard InChI is InChI=1S/C3H6N2O6S2/c4-2-1-3(5,12(6,7)8)13(9,10)11/h1,5H2,(H,6,7,8)(H,9,10,11)/p-2. The van der Waals surface area contributed by atoms with Gasteiger partial charge in [0, 0.05) is 0 Å². The maximum absolute atomic E-state index is 10.3. The number of nitrogens with zero attached hydrogens (tertiary/aromatic N) is 1. The largest absolute Gasteiger partial charge is 0.746 e. The van der Waals surface area contributed by atoms with Gasteiger partial charge in [-0.05, 0) is 0 Å². The number of rotatable bonds is 3. The third-order valence-electron chi connectivity index (χ3n) is 1.17. The van der Waals surface area contributed by atoms with Crippen LogP contribution in [0.1, 0.15) is 6.42 Å². The molecule has 0 aromatic carbocycles. The van der Waals surface area contributed by atoms with Gasteiger partial charge in [0.2, 0.25) is 4.20 Å². The molecule has 0 aliphatic rings. The van der Waals surface area contributed by atoms with Gasteiger partial charge < -0.3 is 14.8 Å². The van der Waals surface area contributed by atoms with E-state index in [1.807, 2.05) is 0 Å². The van der Waals surface area contributed by atoms with Crippen LogP contribution < -0.4 is 5.73 Å². The first kappa shape index (κ1) is 12.3. The van der Waals surface area contributed by atoms with Crippen molar-refractivity contribution in [2.24, 2.45) is 5.73 Å². The Labute approximate surface area is 74.5 Å². The van der Waals surface area contributed by atoms with Crippen LogP contribution in [0, 0.1) is 11.3 Å². The van der Waals surface area contributed by atoms with E-state index in [1.54, 1.807) is 0 Å². The normalized spacial score (nSPS) is 13.7. The summed E-state index contributed by atoms with van der Waals surface area (Å²) in [4.78, 5) is 0. The summed E-state index contributed by atoms with van der Waals surface area (Å²) in [7, 11) is -11.2. The van der Waals surface area contributed by atoms with Crippen molar-refractivity contribution in [3.05, 3.63) is 0 Å². The Morgan fingerprint density at radius 3 is 1.62 bits per heavy atom. The first-order chi connectivity index (χ1) is 5.56. The minimum absolute atomic E-state index is 1.04. The van der Waals surface area contributed by atoms with Gasteiger partial charge in [-0.1, -0.05) is 0 Å². The predicted molar refractivity (Wildman–Crippen MR) is 36.5 cm³/mol. The van der Waals surface area contributed by atoms with Gasteiger partial charge in [0.05, 0.1) is 12.5 Å². The van der Waals surface area contributed by atoms with Crippen LogP contribution in [0.2, 0.25) is 0 Å². The molecule has 0 aliphatic heterocycles. The summed E-state index contributed by atoms with van der Waals surface area (Å²) in [5.74, 6) is 0. The number of hydrogen-bond donors (Lipinski definition) is 1. The number of nitriles is 1. The summed E-state index contributed by atoms with van der Waals surface area (Å²) < 4.78 is 58.1. The molecule has 13 heavy (non-hydrogen) atoms. The van der Waals surface area contributed by atoms with Crippen LogP contribution in [0.15, 0.2) is 0 Å². The molecule has 0 rings (SSSR count). The molecule has 0 heterocycles. The molecule has 0 radical (unpaired) electrons. The Balaban J connectivity index is 5.67. The van der Waals surface area contributed by atoms with Crippen molar-refractivity contribution in [1.82, 2.24) is 0 Å². The van der Waals surface area contributed by atoms with Crippen molar-refractivity contribution >= 4 is 20.2 Å². The third kappa shape index (κ3) is 2.14. The molecular formula is C3H4N2O6S2-2. The maximum atomic E-state index is 10.3. The Bertz CT molecular complexity index is 395. The second kappa shape index (κ2) is 3.20. The molecule has 0 bridgehead atoms. The highest BCUT2D eigenvalue weighted by Crippen LogP contribution is 2.19. The smallest absolute Gasteiger partial charge is 0.210 e. The van der Waals surface area contributed by atoms with Gasteiger partial charge in [-0.3, -0.25) is 0 Å². The quantitative estimate of drug-likeness (QED) is 0.522. The monoisotopic (exact) mass is 228 g/mol. The Morgan fingerprint density at radius 2 is 1.54 bits per heavy atom.